The predicted molar refractivity (Wildman–Crippen MR) is 143 cm³/mol. The fourth-order valence-corrected chi connectivity index (χ4v) is 4.77. The van der Waals surface area contributed by atoms with Crippen LogP contribution >= 0.6 is 11.3 Å². The van der Waals surface area contributed by atoms with Crippen molar-refractivity contribution < 1.29 is 14.3 Å². The van der Waals surface area contributed by atoms with Crippen molar-refractivity contribution in [1.82, 2.24) is 19.8 Å². The van der Waals surface area contributed by atoms with Crippen LogP contribution in [0.4, 0.5) is 0 Å². The fourth-order valence-electron chi connectivity index (χ4n) is 3.71. The van der Waals surface area contributed by atoms with E-state index in [1.807, 2.05) is 35.0 Å². The van der Waals surface area contributed by atoms with Gasteiger partial charge in [0.1, 0.15) is 5.00 Å². The van der Waals surface area contributed by atoms with Crippen molar-refractivity contribution in [1.29, 1.82) is 0 Å². The molecular weight excluding hydrogens is 460 g/mol. The van der Waals surface area contributed by atoms with E-state index >= 15 is 0 Å². The Morgan fingerprint density at radius 1 is 1.17 bits per heavy atom. The van der Waals surface area contributed by atoms with Gasteiger partial charge in [-0.3, -0.25) is 9.36 Å². The number of nitrogens with zero attached hydrogens (tertiary/aromatic N) is 3. The lowest BCUT2D eigenvalue weighted by molar-refractivity contribution is -0.120. The number of benzene rings is 1. The molecule has 1 amide bonds. The first-order chi connectivity index (χ1) is 17.0. The van der Waals surface area contributed by atoms with E-state index in [-0.39, 0.29) is 5.91 Å². The lowest BCUT2D eigenvalue weighted by atomic mass is 10.1. The average Bonchev–Trinajstić information content (AvgIpc) is 3.52. The van der Waals surface area contributed by atoms with Crippen LogP contribution < -0.4 is 14.8 Å². The number of aryl methyl sites for hydroxylation is 1. The van der Waals surface area contributed by atoms with Crippen LogP contribution in [-0.2, 0) is 11.2 Å². The molecule has 1 aromatic carbocycles. The van der Waals surface area contributed by atoms with Crippen molar-refractivity contribution >= 4 is 23.3 Å². The standard InChI is InChI=1S/C27H36N4O3S/c1-21-18-27(31-17-14-28-20-31)35-25(21)8-7-9-26(32)29-13-5-6-15-30(2)16-12-22-10-11-23(33-3)24(19-22)34-4/h7-8,10-11,14,17-20H,5-6,9,12-13,15-16H2,1-4H3,(H,29,32). The minimum absolute atomic E-state index is 0.0621. The topological polar surface area (TPSA) is 68.6 Å². The Bertz CT molecular complexity index is 1090. The zero-order valence-corrected chi connectivity index (χ0v) is 21.9. The summed E-state index contributed by atoms with van der Waals surface area (Å²) in [5.41, 5.74) is 2.43. The number of aromatic nitrogens is 2. The SMILES string of the molecule is COc1ccc(CCN(C)CCCCNC(=O)CC=Cc2sc(-n3ccnc3)cc2C)cc1OC. The van der Waals surface area contributed by atoms with Crippen LogP contribution in [0, 0.1) is 6.92 Å². The molecule has 0 spiro atoms. The predicted octanol–water partition coefficient (Wildman–Crippen LogP) is 4.73. The lowest BCUT2D eigenvalue weighted by Crippen LogP contribution is -2.26. The maximum Gasteiger partial charge on any atom is 0.223 e. The monoisotopic (exact) mass is 496 g/mol. The molecule has 3 aromatic rings. The third-order valence-electron chi connectivity index (χ3n) is 5.79. The van der Waals surface area contributed by atoms with E-state index in [0.717, 1.165) is 53.7 Å². The Hall–Kier alpha value is -3.10. The van der Waals surface area contributed by atoms with Gasteiger partial charge in [-0.25, -0.2) is 4.98 Å². The molecule has 0 saturated heterocycles. The molecular formula is C27H36N4O3S. The van der Waals surface area contributed by atoms with Gasteiger partial charge in [-0.15, -0.1) is 11.3 Å². The maximum atomic E-state index is 12.2. The smallest absolute Gasteiger partial charge is 0.223 e. The molecule has 0 radical (unpaired) electrons. The molecule has 7 nitrogen and oxygen atoms in total. The average molecular weight is 497 g/mol. The maximum absolute atomic E-state index is 12.2. The number of thiophene rings is 1. The van der Waals surface area contributed by atoms with Gasteiger partial charge in [0.25, 0.3) is 0 Å². The van der Waals surface area contributed by atoms with Crippen molar-refractivity contribution in [3.63, 3.8) is 0 Å². The van der Waals surface area contributed by atoms with Crippen molar-refractivity contribution in [3.05, 3.63) is 65.1 Å². The number of nitrogens with one attached hydrogen (secondary N) is 1. The Kier molecular flexibility index (Phi) is 10.4. The van der Waals surface area contributed by atoms with E-state index in [1.54, 1.807) is 38.1 Å². The van der Waals surface area contributed by atoms with Crippen LogP contribution in [0.15, 0.2) is 49.1 Å². The summed E-state index contributed by atoms with van der Waals surface area (Å²) in [6, 6.07) is 8.20. The summed E-state index contributed by atoms with van der Waals surface area (Å²) in [6.07, 6.45) is 12.8. The number of ether oxygens (including phenoxy) is 2. The highest BCUT2D eigenvalue weighted by Crippen LogP contribution is 2.28. The number of carbonyl (C=O) groups is 1. The molecule has 0 unspecified atom stereocenters. The highest BCUT2D eigenvalue weighted by atomic mass is 32.1. The van der Waals surface area contributed by atoms with Gasteiger partial charge < -0.3 is 19.7 Å². The Labute approximate surface area is 212 Å². The minimum atomic E-state index is 0.0621. The molecule has 8 heteroatoms. The summed E-state index contributed by atoms with van der Waals surface area (Å²) in [7, 11) is 5.44. The number of amides is 1. The number of hydrogen-bond donors (Lipinski definition) is 1. The first-order valence-electron chi connectivity index (χ1n) is 11.9. The van der Waals surface area contributed by atoms with Crippen LogP contribution in [0.1, 0.15) is 35.3 Å². The largest absolute Gasteiger partial charge is 0.493 e. The highest BCUT2D eigenvalue weighted by molar-refractivity contribution is 7.15. The van der Waals surface area contributed by atoms with Crippen LogP contribution in [0.5, 0.6) is 11.5 Å². The first-order valence-corrected chi connectivity index (χ1v) is 12.7. The zero-order chi connectivity index (χ0) is 25.0. The molecule has 0 saturated carbocycles. The molecule has 0 aliphatic heterocycles. The molecule has 188 valence electrons. The third kappa shape index (κ3) is 8.26. The van der Waals surface area contributed by atoms with Crippen molar-refractivity contribution in [3.8, 4) is 16.5 Å². The summed E-state index contributed by atoms with van der Waals surface area (Å²) in [6.45, 7) is 4.76. The van der Waals surface area contributed by atoms with Gasteiger partial charge in [-0.05, 0) is 75.2 Å². The number of hydrogen-bond acceptors (Lipinski definition) is 6. The normalized spacial score (nSPS) is 11.3. The van der Waals surface area contributed by atoms with Crippen LogP contribution in [-0.4, -0.2) is 61.3 Å². The van der Waals surface area contributed by atoms with Crippen molar-refractivity contribution in [2.24, 2.45) is 0 Å². The van der Waals surface area contributed by atoms with E-state index in [9.17, 15) is 4.79 Å². The minimum Gasteiger partial charge on any atom is -0.493 e. The quantitative estimate of drug-likeness (QED) is 0.327. The molecule has 0 aliphatic carbocycles. The Morgan fingerprint density at radius 2 is 2.00 bits per heavy atom. The van der Waals surface area contributed by atoms with Gasteiger partial charge >= 0.3 is 0 Å². The Balaban J connectivity index is 1.29. The van der Waals surface area contributed by atoms with Gasteiger partial charge in [0.2, 0.25) is 5.91 Å². The van der Waals surface area contributed by atoms with Gasteiger partial charge in [-0.1, -0.05) is 12.1 Å². The summed E-state index contributed by atoms with van der Waals surface area (Å²) >= 11 is 1.69. The molecule has 0 aliphatic rings. The number of rotatable bonds is 14. The lowest BCUT2D eigenvalue weighted by Gasteiger charge is -2.17. The second kappa shape index (κ2) is 13.7. The number of carbonyl (C=O) groups excluding carboxylic acids is 1. The number of likely N-dealkylation sites (N-methyl/N-ethyl adjacent to an activating group) is 1. The number of imidazole rings is 1. The molecule has 2 heterocycles. The molecule has 0 atom stereocenters. The third-order valence-corrected chi connectivity index (χ3v) is 7.01. The summed E-state index contributed by atoms with van der Waals surface area (Å²) in [5.74, 6) is 1.58. The molecule has 3 rings (SSSR count). The van der Waals surface area contributed by atoms with E-state index in [2.05, 4.69) is 41.3 Å². The Morgan fingerprint density at radius 3 is 2.74 bits per heavy atom. The highest BCUT2D eigenvalue weighted by Gasteiger charge is 2.07. The van der Waals surface area contributed by atoms with Gasteiger partial charge in [0.15, 0.2) is 11.5 Å². The van der Waals surface area contributed by atoms with E-state index < -0.39 is 0 Å². The summed E-state index contributed by atoms with van der Waals surface area (Å²) < 4.78 is 12.7. The summed E-state index contributed by atoms with van der Waals surface area (Å²) in [4.78, 5) is 19.7. The van der Waals surface area contributed by atoms with Crippen LogP contribution in [0.25, 0.3) is 11.1 Å². The molecule has 35 heavy (non-hydrogen) atoms. The number of unbranched alkanes of at least 4 members (excludes halogenated alkanes) is 1. The molecule has 2 aromatic heterocycles. The van der Waals surface area contributed by atoms with Crippen LogP contribution in [0.3, 0.4) is 0 Å². The van der Waals surface area contributed by atoms with Crippen molar-refractivity contribution in [2.45, 2.75) is 32.6 Å². The fraction of sp³-hybridized carbons (Fsp3) is 0.407. The molecule has 1 N–H and O–H groups in total. The second-order valence-corrected chi connectivity index (χ2v) is 9.57. The molecule has 0 fully saturated rings. The van der Waals surface area contributed by atoms with Gasteiger partial charge in [0.05, 0.1) is 20.5 Å². The summed E-state index contributed by atoms with van der Waals surface area (Å²) in [5, 5.41) is 4.15. The number of methoxy groups -OCH3 is 2. The van der Waals surface area contributed by atoms with Crippen molar-refractivity contribution in [2.75, 3.05) is 40.9 Å². The van der Waals surface area contributed by atoms with Gasteiger partial charge in [0, 0.05) is 36.8 Å². The first kappa shape index (κ1) is 26.5. The van der Waals surface area contributed by atoms with E-state index in [1.165, 1.54) is 11.1 Å². The van der Waals surface area contributed by atoms with Crippen LogP contribution in [0.2, 0.25) is 0 Å². The van der Waals surface area contributed by atoms with Gasteiger partial charge in [-0.2, -0.15) is 0 Å². The second-order valence-electron chi connectivity index (χ2n) is 8.51. The molecule has 0 bridgehead atoms. The van der Waals surface area contributed by atoms with E-state index in [4.69, 9.17) is 9.47 Å². The van der Waals surface area contributed by atoms with E-state index in [0.29, 0.717) is 13.0 Å². The zero-order valence-electron chi connectivity index (χ0n) is 21.1.